The summed E-state index contributed by atoms with van der Waals surface area (Å²) in [5.74, 6) is -0.479. The highest BCUT2D eigenvalue weighted by molar-refractivity contribution is 9.10. The van der Waals surface area contributed by atoms with Gasteiger partial charge in [0, 0.05) is 12.7 Å². The van der Waals surface area contributed by atoms with Crippen LogP contribution in [0.1, 0.15) is 17.4 Å². The highest BCUT2D eigenvalue weighted by atomic mass is 79.9. The Bertz CT molecular complexity index is 649. The molecule has 6 nitrogen and oxygen atoms in total. The van der Waals surface area contributed by atoms with Gasteiger partial charge in [-0.05, 0) is 22.9 Å². The van der Waals surface area contributed by atoms with E-state index in [9.17, 15) is 18.0 Å². The highest BCUT2D eigenvalue weighted by Gasteiger charge is 2.28. The summed E-state index contributed by atoms with van der Waals surface area (Å²) in [5, 5.41) is 10.0. The number of alkyl halides is 3. The van der Waals surface area contributed by atoms with Crippen molar-refractivity contribution < 1.29 is 18.0 Å². The third-order valence-electron chi connectivity index (χ3n) is 2.54. The number of aryl methyl sites for hydroxylation is 1. The topological polar surface area (TPSA) is 64.7 Å². The normalized spacial score (nSPS) is 11.7. The fourth-order valence-electron chi connectivity index (χ4n) is 1.72. The number of carbonyl (C=O) groups is 1. The number of hydrogen-bond donors (Lipinski definition) is 1. The molecule has 0 radical (unpaired) electrons. The molecule has 0 saturated carbocycles. The van der Waals surface area contributed by atoms with Crippen molar-refractivity contribution >= 4 is 27.5 Å². The van der Waals surface area contributed by atoms with Gasteiger partial charge < -0.3 is 5.32 Å². The van der Waals surface area contributed by atoms with Gasteiger partial charge in [0.2, 0.25) is 0 Å². The second-order valence-corrected chi connectivity index (χ2v) is 5.01. The molecule has 21 heavy (non-hydrogen) atoms. The Kier molecular flexibility index (Phi) is 4.35. The van der Waals surface area contributed by atoms with Crippen molar-refractivity contribution in [3.8, 4) is 0 Å². The lowest BCUT2D eigenvalue weighted by atomic mass is 10.4. The molecule has 114 valence electrons. The SMILES string of the molecule is CCn1ncc(Br)c1C(=O)Nc1cnn(CC(F)(F)F)c1. The van der Waals surface area contributed by atoms with E-state index in [2.05, 4.69) is 31.4 Å². The summed E-state index contributed by atoms with van der Waals surface area (Å²) < 4.78 is 39.4. The average molecular weight is 366 g/mol. The van der Waals surface area contributed by atoms with E-state index in [-0.39, 0.29) is 5.69 Å². The number of halogens is 4. The van der Waals surface area contributed by atoms with E-state index >= 15 is 0 Å². The molecule has 2 aromatic heterocycles. The Balaban J connectivity index is 2.11. The lowest BCUT2D eigenvalue weighted by Gasteiger charge is -2.06. The summed E-state index contributed by atoms with van der Waals surface area (Å²) in [6, 6.07) is 0. The largest absolute Gasteiger partial charge is 0.408 e. The summed E-state index contributed by atoms with van der Waals surface area (Å²) in [6.45, 7) is 1.10. The number of nitrogens with one attached hydrogen (secondary N) is 1. The van der Waals surface area contributed by atoms with Gasteiger partial charge in [-0.2, -0.15) is 23.4 Å². The van der Waals surface area contributed by atoms with Crippen molar-refractivity contribution in [2.45, 2.75) is 26.2 Å². The third-order valence-corrected chi connectivity index (χ3v) is 3.12. The van der Waals surface area contributed by atoms with Crippen LogP contribution in [-0.4, -0.2) is 31.6 Å². The predicted octanol–water partition coefficient (Wildman–Crippen LogP) is 2.68. The summed E-state index contributed by atoms with van der Waals surface area (Å²) in [4.78, 5) is 12.1. The van der Waals surface area contributed by atoms with Gasteiger partial charge in [0.25, 0.3) is 5.91 Å². The van der Waals surface area contributed by atoms with Gasteiger partial charge in [-0.15, -0.1) is 0 Å². The van der Waals surface area contributed by atoms with Crippen LogP contribution in [0.15, 0.2) is 23.1 Å². The number of aromatic nitrogens is 4. The zero-order chi connectivity index (χ0) is 15.6. The number of hydrogen-bond acceptors (Lipinski definition) is 3. The van der Waals surface area contributed by atoms with Crippen molar-refractivity contribution in [3.63, 3.8) is 0 Å². The molecule has 0 aromatic carbocycles. The minimum absolute atomic E-state index is 0.181. The van der Waals surface area contributed by atoms with Gasteiger partial charge in [-0.25, -0.2) is 0 Å². The van der Waals surface area contributed by atoms with Crippen LogP contribution in [0.4, 0.5) is 18.9 Å². The first-order valence-electron chi connectivity index (χ1n) is 5.92. The first kappa shape index (κ1) is 15.5. The van der Waals surface area contributed by atoms with Crippen molar-refractivity contribution in [2.75, 3.05) is 5.32 Å². The molecule has 1 N–H and O–H groups in total. The Labute approximate surface area is 126 Å². The molecule has 2 rings (SSSR count). The minimum atomic E-state index is -4.36. The summed E-state index contributed by atoms with van der Waals surface area (Å²) in [6.07, 6.45) is -0.612. The van der Waals surface area contributed by atoms with E-state index in [1.807, 2.05) is 6.92 Å². The Morgan fingerprint density at radius 1 is 1.38 bits per heavy atom. The molecule has 1 amide bonds. The first-order chi connectivity index (χ1) is 9.80. The maximum absolute atomic E-state index is 12.2. The smallest absolute Gasteiger partial charge is 0.318 e. The molecular formula is C11H11BrF3N5O. The van der Waals surface area contributed by atoms with Crippen molar-refractivity contribution in [3.05, 3.63) is 28.8 Å². The fraction of sp³-hybridized carbons (Fsp3) is 0.364. The number of rotatable bonds is 4. The number of carbonyl (C=O) groups excluding carboxylic acids is 1. The summed E-state index contributed by atoms with van der Waals surface area (Å²) in [5.41, 5.74) is 0.473. The molecular weight excluding hydrogens is 355 g/mol. The Hall–Kier alpha value is -1.84. The van der Waals surface area contributed by atoms with Crippen molar-refractivity contribution in [1.29, 1.82) is 0 Å². The van der Waals surface area contributed by atoms with Crippen LogP contribution in [0.25, 0.3) is 0 Å². The summed E-state index contributed by atoms with van der Waals surface area (Å²) in [7, 11) is 0. The van der Waals surface area contributed by atoms with Gasteiger partial charge in [-0.3, -0.25) is 14.2 Å². The lowest BCUT2D eigenvalue weighted by molar-refractivity contribution is -0.142. The molecule has 2 aromatic rings. The number of anilines is 1. The molecule has 0 unspecified atom stereocenters. The first-order valence-corrected chi connectivity index (χ1v) is 6.71. The molecule has 10 heteroatoms. The maximum atomic E-state index is 12.2. The zero-order valence-corrected chi connectivity index (χ0v) is 12.4. The molecule has 0 saturated heterocycles. The van der Waals surface area contributed by atoms with Gasteiger partial charge in [0.1, 0.15) is 12.2 Å². The quantitative estimate of drug-likeness (QED) is 0.905. The standard InChI is InChI=1S/C11H11BrF3N5O/c1-2-20-9(8(12)4-17-20)10(21)18-7-3-16-19(5-7)6-11(13,14)15/h3-5H,2,6H2,1H3,(H,18,21). The second kappa shape index (κ2) is 5.88. The highest BCUT2D eigenvalue weighted by Crippen LogP contribution is 2.20. The maximum Gasteiger partial charge on any atom is 0.408 e. The van der Waals surface area contributed by atoms with E-state index < -0.39 is 18.6 Å². The Morgan fingerprint density at radius 3 is 2.71 bits per heavy atom. The summed E-state index contributed by atoms with van der Waals surface area (Å²) >= 11 is 3.20. The zero-order valence-electron chi connectivity index (χ0n) is 10.9. The van der Waals surface area contributed by atoms with E-state index in [1.54, 1.807) is 0 Å². The fourth-order valence-corrected chi connectivity index (χ4v) is 2.19. The van der Waals surface area contributed by atoms with Crippen molar-refractivity contribution in [1.82, 2.24) is 19.6 Å². The van der Waals surface area contributed by atoms with Crippen LogP contribution >= 0.6 is 15.9 Å². The van der Waals surface area contributed by atoms with Crippen molar-refractivity contribution in [2.24, 2.45) is 0 Å². The van der Waals surface area contributed by atoms with Gasteiger partial charge in [-0.1, -0.05) is 0 Å². The van der Waals surface area contributed by atoms with Crippen LogP contribution in [0.2, 0.25) is 0 Å². The van der Waals surface area contributed by atoms with Crippen LogP contribution in [0.5, 0.6) is 0 Å². The third kappa shape index (κ3) is 3.84. The van der Waals surface area contributed by atoms with Crippen LogP contribution in [0.3, 0.4) is 0 Å². The molecule has 2 heterocycles. The average Bonchev–Trinajstić information content (AvgIpc) is 2.93. The minimum Gasteiger partial charge on any atom is -0.318 e. The van der Waals surface area contributed by atoms with Gasteiger partial charge >= 0.3 is 6.18 Å². The molecule has 0 fully saturated rings. The lowest BCUT2D eigenvalue weighted by Crippen LogP contribution is -2.18. The monoisotopic (exact) mass is 365 g/mol. The van der Waals surface area contributed by atoms with E-state index in [4.69, 9.17) is 0 Å². The molecule has 0 atom stereocenters. The van der Waals surface area contributed by atoms with E-state index in [1.165, 1.54) is 10.9 Å². The van der Waals surface area contributed by atoms with E-state index in [0.717, 1.165) is 12.4 Å². The van der Waals surface area contributed by atoms with E-state index in [0.29, 0.717) is 21.4 Å². The van der Waals surface area contributed by atoms with Gasteiger partial charge in [0.05, 0.1) is 22.6 Å². The molecule has 0 spiro atoms. The van der Waals surface area contributed by atoms with Crippen LogP contribution < -0.4 is 5.32 Å². The van der Waals surface area contributed by atoms with Crippen LogP contribution in [-0.2, 0) is 13.1 Å². The number of nitrogens with zero attached hydrogens (tertiary/aromatic N) is 4. The molecule has 0 aliphatic carbocycles. The van der Waals surface area contributed by atoms with Crippen LogP contribution in [0, 0.1) is 0 Å². The number of amides is 1. The molecule has 0 bridgehead atoms. The Morgan fingerprint density at radius 2 is 2.10 bits per heavy atom. The molecule has 0 aliphatic rings. The predicted molar refractivity (Wildman–Crippen MR) is 71.8 cm³/mol. The second-order valence-electron chi connectivity index (χ2n) is 4.15. The van der Waals surface area contributed by atoms with Gasteiger partial charge in [0.15, 0.2) is 0 Å². The molecule has 0 aliphatic heterocycles.